The molecule has 0 aromatic heterocycles. The quantitative estimate of drug-likeness (QED) is 0.636. The highest BCUT2D eigenvalue weighted by molar-refractivity contribution is 5.11. The van der Waals surface area contributed by atoms with Crippen LogP contribution in [0.2, 0.25) is 0 Å². The molecule has 0 bridgehead atoms. The summed E-state index contributed by atoms with van der Waals surface area (Å²) in [6.07, 6.45) is 8.69. The molecule has 0 aliphatic heterocycles. The third-order valence-electron chi connectivity index (χ3n) is 8.96. The molecule has 4 fully saturated rings. The van der Waals surface area contributed by atoms with Gasteiger partial charge in [0.15, 0.2) is 0 Å². The molecule has 9 atom stereocenters. The molecule has 0 aromatic rings. The fourth-order valence-electron chi connectivity index (χ4n) is 7.88. The highest BCUT2D eigenvalue weighted by Gasteiger charge is 2.61. The zero-order valence-electron chi connectivity index (χ0n) is 15.4. The summed E-state index contributed by atoms with van der Waals surface area (Å²) >= 11 is 0. The molecule has 0 spiro atoms. The lowest BCUT2D eigenvalue weighted by Crippen LogP contribution is -2.54. The van der Waals surface area contributed by atoms with Gasteiger partial charge in [-0.05, 0) is 98.7 Å². The van der Waals surface area contributed by atoms with Gasteiger partial charge in [-0.15, -0.1) is 0 Å². The van der Waals surface area contributed by atoms with E-state index in [2.05, 4.69) is 20.8 Å². The van der Waals surface area contributed by atoms with Gasteiger partial charge >= 0.3 is 0 Å². The summed E-state index contributed by atoms with van der Waals surface area (Å²) in [6, 6.07) is 0. The Kier molecular flexibility index (Phi) is 3.53. The molecule has 1 N–H and O–H groups in total. The number of hydrogen-bond acceptors (Lipinski definition) is 1. The van der Waals surface area contributed by atoms with Crippen LogP contribution in [0.15, 0.2) is 0 Å². The van der Waals surface area contributed by atoms with Gasteiger partial charge in [0.2, 0.25) is 0 Å². The zero-order valence-corrected chi connectivity index (χ0v) is 15.4. The van der Waals surface area contributed by atoms with E-state index in [1.807, 2.05) is 6.92 Å². The minimum Gasteiger partial charge on any atom is -0.393 e. The summed E-state index contributed by atoms with van der Waals surface area (Å²) in [5.74, 6) is 3.23. The Labute approximate surface area is 141 Å². The third-order valence-corrected chi connectivity index (χ3v) is 8.96. The number of alkyl halides is 1. The molecule has 0 aromatic carbocycles. The average Bonchev–Trinajstić information content (AvgIpc) is 2.69. The van der Waals surface area contributed by atoms with Crippen molar-refractivity contribution in [3.63, 3.8) is 0 Å². The second kappa shape index (κ2) is 4.96. The van der Waals surface area contributed by atoms with Crippen LogP contribution in [-0.4, -0.2) is 16.9 Å². The van der Waals surface area contributed by atoms with Crippen LogP contribution in [0.25, 0.3) is 0 Å². The van der Waals surface area contributed by atoms with E-state index in [1.165, 1.54) is 32.1 Å². The minimum absolute atomic E-state index is 0.127. The lowest BCUT2D eigenvalue weighted by molar-refractivity contribution is -0.137. The first-order valence-corrected chi connectivity index (χ1v) is 10.0. The van der Waals surface area contributed by atoms with Crippen LogP contribution in [0.3, 0.4) is 0 Å². The standard InChI is InChI=1S/C21H35FO/c1-13-9-14-5-6-15-16(21(14,4)11-18(13)23)7-8-19(2)12-20(3,22)10-17(15)19/h13-18,23H,5-12H2,1-4H3/t13?,14?,15-,16-,17+,18?,19-,20?,21+/m1/s1. The van der Waals surface area contributed by atoms with E-state index >= 15 is 0 Å². The molecule has 1 nitrogen and oxygen atoms in total. The van der Waals surface area contributed by atoms with Crippen molar-refractivity contribution in [2.24, 2.45) is 40.4 Å². The van der Waals surface area contributed by atoms with Gasteiger partial charge in [0.1, 0.15) is 5.67 Å². The van der Waals surface area contributed by atoms with Crippen molar-refractivity contribution in [2.75, 3.05) is 0 Å². The Balaban J connectivity index is 1.64. The maximum atomic E-state index is 14.8. The van der Waals surface area contributed by atoms with Crippen molar-refractivity contribution in [1.82, 2.24) is 0 Å². The molecule has 4 aliphatic carbocycles. The topological polar surface area (TPSA) is 20.2 Å². The first-order valence-electron chi connectivity index (χ1n) is 10.0. The number of fused-ring (bicyclic) bond motifs is 5. The number of aliphatic hydroxyl groups is 1. The monoisotopic (exact) mass is 322 g/mol. The zero-order chi connectivity index (χ0) is 16.6. The van der Waals surface area contributed by atoms with Gasteiger partial charge in [-0.1, -0.05) is 20.8 Å². The molecule has 0 heterocycles. The Morgan fingerprint density at radius 3 is 2.48 bits per heavy atom. The minimum atomic E-state index is -0.952. The maximum absolute atomic E-state index is 14.8. The summed E-state index contributed by atoms with van der Waals surface area (Å²) in [7, 11) is 0. The van der Waals surface area contributed by atoms with Crippen LogP contribution < -0.4 is 0 Å². The van der Waals surface area contributed by atoms with Gasteiger partial charge in [0.05, 0.1) is 6.10 Å². The average molecular weight is 323 g/mol. The smallest absolute Gasteiger partial charge is 0.109 e. The molecule has 4 rings (SSSR count). The van der Waals surface area contributed by atoms with E-state index in [1.54, 1.807) is 0 Å². The van der Waals surface area contributed by atoms with Crippen molar-refractivity contribution in [1.29, 1.82) is 0 Å². The van der Waals surface area contributed by atoms with E-state index in [0.29, 0.717) is 23.2 Å². The maximum Gasteiger partial charge on any atom is 0.109 e. The van der Waals surface area contributed by atoms with E-state index in [4.69, 9.17) is 0 Å². The summed E-state index contributed by atoms with van der Waals surface area (Å²) in [4.78, 5) is 0. The first-order chi connectivity index (χ1) is 10.6. The van der Waals surface area contributed by atoms with E-state index in [-0.39, 0.29) is 11.5 Å². The van der Waals surface area contributed by atoms with E-state index in [0.717, 1.165) is 31.1 Å². The Hall–Kier alpha value is -0.110. The predicted octanol–water partition coefficient (Wildman–Crippen LogP) is 5.36. The second-order valence-electron chi connectivity index (χ2n) is 10.6. The van der Waals surface area contributed by atoms with Gasteiger partial charge in [0.25, 0.3) is 0 Å². The molecule has 4 aliphatic rings. The molecular weight excluding hydrogens is 287 g/mol. The van der Waals surface area contributed by atoms with Gasteiger partial charge < -0.3 is 5.11 Å². The van der Waals surface area contributed by atoms with Crippen molar-refractivity contribution >= 4 is 0 Å². The molecule has 2 heteroatoms. The van der Waals surface area contributed by atoms with Crippen LogP contribution in [-0.2, 0) is 0 Å². The number of halogens is 1. The van der Waals surface area contributed by atoms with Crippen LogP contribution in [0.5, 0.6) is 0 Å². The normalized spacial score (nSPS) is 62.3. The number of aliphatic hydroxyl groups excluding tert-OH is 1. The van der Waals surface area contributed by atoms with Gasteiger partial charge in [-0.3, -0.25) is 0 Å². The van der Waals surface area contributed by atoms with Crippen molar-refractivity contribution in [3.8, 4) is 0 Å². The molecule has 132 valence electrons. The van der Waals surface area contributed by atoms with Gasteiger partial charge in [-0.25, -0.2) is 4.39 Å². The van der Waals surface area contributed by atoms with Crippen molar-refractivity contribution in [2.45, 2.75) is 90.8 Å². The van der Waals surface area contributed by atoms with Crippen molar-refractivity contribution in [3.05, 3.63) is 0 Å². The second-order valence-corrected chi connectivity index (χ2v) is 10.6. The molecule has 4 saturated carbocycles. The highest BCUT2D eigenvalue weighted by atomic mass is 19.1. The fourth-order valence-corrected chi connectivity index (χ4v) is 7.88. The highest BCUT2D eigenvalue weighted by Crippen LogP contribution is 2.68. The van der Waals surface area contributed by atoms with E-state index in [9.17, 15) is 9.50 Å². The Morgan fingerprint density at radius 1 is 1.00 bits per heavy atom. The van der Waals surface area contributed by atoms with Crippen LogP contribution >= 0.6 is 0 Å². The molecule has 0 amide bonds. The largest absolute Gasteiger partial charge is 0.393 e. The summed E-state index contributed by atoms with van der Waals surface area (Å²) < 4.78 is 14.8. The lowest BCUT2D eigenvalue weighted by Gasteiger charge is -2.61. The summed E-state index contributed by atoms with van der Waals surface area (Å²) in [6.45, 7) is 8.89. The SMILES string of the molecule is CC1CC2CC[C@@H]3[C@@H](CC[C@]4(C)CC(C)(F)C[C@@H]34)[C@@]2(C)CC1O. The van der Waals surface area contributed by atoms with Crippen LogP contribution in [0, 0.1) is 40.4 Å². The predicted molar refractivity (Wildman–Crippen MR) is 91.8 cm³/mol. The van der Waals surface area contributed by atoms with Gasteiger partial charge in [0, 0.05) is 0 Å². The van der Waals surface area contributed by atoms with Crippen LogP contribution in [0.4, 0.5) is 4.39 Å². The van der Waals surface area contributed by atoms with Gasteiger partial charge in [-0.2, -0.15) is 0 Å². The van der Waals surface area contributed by atoms with E-state index < -0.39 is 5.67 Å². The Bertz CT molecular complexity index is 488. The first kappa shape index (κ1) is 16.4. The Morgan fingerprint density at radius 2 is 1.74 bits per heavy atom. The molecule has 4 unspecified atom stereocenters. The summed E-state index contributed by atoms with van der Waals surface area (Å²) in [5, 5.41) is 10.5. The van der Waals surface area contributed by atoms with Crippen molar-refractivity contribution < 1.29 is 9.50 Å². The number of hydrogen-bond donors (Lipinski definition) is 1. The molecule has 23 heavy (non-hydrogen) atoms. The molecular formula is C21H35FO. The molecule has 0 radical (unpaired) electrons. The third kappa shape index (κ3) is 2.34. The number of rotatable bonds is 0. The fraction of sp³-hybridized carbons (Fsp3) is 1.00. The lowest BCUT2D eigenvalue weighted by atomic mass is 9.44. The summed E-state index contributed by atoms with van der Waals surface area (Å²) in [5.41, 5.74) is -0.424. The molecule has 0 saturated heterocycles. The van der Waals surface area contributed by atoms with Crippen LogP contribution in [0.1, 0.15) is 79.1 Å².